The summed E-state index contributed by atoms with van der Waals surface area (Å²) in [5, 5.41) is 3.38. The molecule has 1 atom stereocenters. The zero-order valence-electron chi connectivity index (χ0n) is 12.7. The molecular formula is C17H23NO2. The van der Waals surface area contributed by atoms with Gasteiger partial charge in [0.05, 0.1) is 18.9 Å². The van der Waals surface area contributed by atoms with Gasteiger partial charge in [0.25, 0.3) is 0 Å². The van der Waals surface area contributed by atoms with Crippen LogP contribution in [0.25, 0.3) is 0 Å². The van der Waals surface area contributed by atoms with E-state index in [4.69, 9.17) is 9.15 Å². The molecule has 0 amide bonds. The first-order chi connectivity index (χ1) is 9.71. The summed E-state index contributed by atoms with van der Waals surface area (Å²) < 4.78 is 11.3. The van der Waals surface area contributed by atoms with E-state index in [1.165, 1.54) is 11.1 Å². The van der Waals surface area contributed by atoms with Gasteiger partial charge in [0.1, 0.15) is 11.5 Å². The van der Waals surface area contributed by atoms with Crippen LogP contribution in [-0.2, 0) is 6.42 Å². The summed E-state index contributed by atoms with van der Waals surface area (Å²) in [5.74, 6) is 1.95. The molecule has 2 rings (SSSR count). The zero-order chi connectivity index (χ0) is 14.5. The highest BCUT2D eigenvalue weighted by Crippen LogP contribution is 2.33. The third-order valence-electron chi connectivity index (χ3n) is 3.48. The van der Waals surface area contributed by atoms with Crippen molar-refractivity contribution >= 4 is 0 Å². The van der Waals surface area contributed by atoms with E-state index in [0.717, 1.165) is 23.5 Å². The number of hydrogen-bond acceptors (Lipinski definition) is 3. The van der Waals surface area contributed by atoms with Gasteiger partial charge in [0.15, 0.2) is 0 Å². The van der Waals surface area contributed by atoms with Crippen molar-refractivity contribution in [2.75, 3.05) is 13.7 Å². The number of nitrogens with one attached hydrogen (secondary N) is 1. The molecule has 1 aromatic heterocycles. The topological polar surface area (TPSA) is 34.4 Å². The fourth-order valence-corrected chi connectivity index (χ4v) is 2.55. The molecule has 2 aromatic rings. The molecule has 0 bridgehead atoms. The lowest BCUT2D eigenvalue weighted by Gasteiger charge is -2.20. The Hall–Kier alpha value is -1.74. The highest BCUT2D eigenvalue weighted by Gasteiger charge is 2.21. The maximum atomic E-state index is 5.78. The van der Waals surface area contributed by atoms with Crippen LogP contribution >= 0.6 is 0 Å². The van der Waals surface area contributed by atoms with E-state index >= 15 is 0 Å². The number of furan rings is 1. The second kappa shape index (κ2) is 6.62. The normalized spacial score (nSPS) is 12.4. The molecule has 0 saturated carbocycles. The monoisotopic (exact) mass is 273 g/mol. The van der Waals surface area contributed by atoms with Gasteiger partial charge in [0, 0.05) is 17.5 Å². The van der Waals surface area contributed by atoms with Crippen molar-refractivity contribution < 1.29 is 9.15 Å². The smallest absolute Gasteiger partial charge is 0.124 e. The van der Waals surface area contributed by atoms with Crippen molar-refractivity contribution in [1.82, 2.24) is 5.32 Å². The summed E-state index contributed by atoms with van der Waals surface area (Å²) in [4.78, 5) is 0. The van der Waals surface area contributed by atoms with Gasteiger partial charge in [-0.05, 0) is 33.0 Å². The van der Waals surface area contributed by atoms with Crippen molar-refractivity contribution in [3.8, 4) is 5.75 Å². The Labute approximate surface area is 121 Å². The van der Waals surface area contributed by atoms with Crippen molar-refractivity contribution in [3.05, 3.63) is 53.0 Å². The number of benzene rings is 1. The highest BCUT2D eigenvalue weighted by atomic mass is 16.5. The van der Waals surface area contributed by atoms with E-state index in [1.54, 1.807) is 6.26 Å². The second-order valence-electron chi connectivity index (χ2n) is 4.85. The third kappa shape index (κ3) is 2.88. The van der Waals surface area contributed by atoms with E-state index in [2.05, 4.69) is 31.3 Å². The van der Waals surface area contributed by atoms with E-state index in [0.29, 0.717) is 6.61 Å². The summed E-state index contributed by atoms with van der Waals surface area (Å²) in [6.07, 6.45) is 2.64. The van der Waals surface area contributed by atoms with Crippen molar-refractivity contribution in [2.45, 2.75) is 33.2 Å². The first kappa shape index (κ1) is 14.7. The van der Waals surface area contributed by atoms with Gasteiger partial charge in [-0.3, -0.25) is 0 Å². The van der Waals surface area contributed by atoms with Gasteiger partial charge in [0.2, 0.25) is 0 Å². The number of ether oxygens (including phenoxy) is 1. The minimum Gasteiger partial charge on any atom is -0.494 e. The Morgan fingerprint density at radius 3 is 2.65 bits per heavy atom. The first-order valence-electron chi connectivity index (χ1n) is 7.18. The predicted octanol–water partition coefficient (Wildman–Crippen LogP) is 3.86. The molecule has 0 saturated heterocycles. The lowest BCUT2D eigenvalue weighted by molar-refractivity contribution is 0.334. The van der Waals surface area contributed by atoms with Gasteiger partial charge in [-0.15, -0.1) is 0 Å². The van der Waals surface area contributed by atoms with E-state index < -0.39 is 0 Å². The maximum Gasteiger partial charge on any atom is 0.124 e. The minimum atomic E-state index is 0.0881. The summed E-state index contributed by atoms with van der Waals surface area (Å²) in [6, 6.07) is 8.43. The maximum absolute atomic E-state index is 5.78. The lowest BCUT2D eigenvalue weighted by Crippen LogP contribution is -2.19. The Morgan fingerprint density at radius 2 is 2.00 bits per heavy atom. The number of hydrogen-bond donors (Lipinski definition) is 1. The average molecular weight is 273 g/mol. The largest absolute Gasteiger partial charge is 0.494 e. The highest BCUT2D eigenvalue weighted by molar-refractivity contribution is 5.44. The Bertz CT molecular complexity index is 560. The third-order valence-corrected chi connectivity index (χ3v) is 3.48. The Kier molecular flexibility index (Phi) is 4.85. The quantitative estimate of drug-likeness (QED) is 0.868. The van der Waals surface area contributed by atoms with Crippen LogP contribution in [0.4, 0.5) is 0 Å². The summed E-state index contributed by atoms with van der Waals surface area (Å²) in [7, 11) is 1.97. The van der Waals surface area contributed by atoms with Gasteiger partial charge in [-0.25, -0.2) is 0 Å². The molecule has 0 radical (unpaired) electrons. The molecule has 0 aliphatic carbocycles. The molecule has 0 aliphatic rings. The van der Waals surface area contributed by atoms with E-state index in [1.807, 2.05) is 26.1 Å². The predicted molar refractivity (Wildman–Crippen MR) is 81.3 cm³/mol. The molecule has 1 heterocycles. The molecule has 3 heteroatoms. The van der Waals surface area contributed by atoms with Crippen LogP contribution in [-0.4, -0.2) is 13.7 Å². The van der Waals surface area contributed by atoms with Crippen LogP contribution in [0.15, 0.2) is 34.9 Å². The first-order valence-corrected chi connectivity index (χ1v) is 7.18. The molecule has 20 heavy (non-hydrogen) atoms. The van der Waals surface area contributed by atoms with E-state index in [-0.39, 0.29) is 6.04 Å². The average Bonchev–Trinajstić information content (AvgIpc) is 2.91. The molecule has 108 valence electrons. The summed E-state index contributed by atoms with van der Waals surface area (Å²) in [6.45, 7) is 6.88. The van der Waals surface area contributed by atoms with Crippen LogP contribution in [0.5, 0.6) is 5.75 Å². The zero-order valence-corrected chi connectivity index (χ0v) is 12.7. The van der Waals surface area contributed by atoms with Crippen LogP contribution in [0, 0.1) is 6.92 Å². The van der Waals surface area contributed by atoms with E-state index in [9.17, 15) is 0 Å². The SMILES string of the molecule is CCOc1ccc(C)cc1C(NC)c1ccoc1CC. The van der Waals surface area contributed by atoms with Gasteiger partial charge in [-0.1, -0.05) is 24.6 Å². The molecule has 1 unspecified atom stereocenters. The molecular weight excluding hydrogens is 250 g/mol. The van der Waals surface area contributed by atoms with Gasteiger partial charge in [-0.2, -0.15) is 0 Å². The minimum absolute atomic E-state index is 0.0881. The van der Waals surface area contributed by atoms with Crippen LogP contribution < -0.4 is 10.1 Å². The lowest BCUT2D eigenvalue weighted by atomic mass is 9.96. The van der Waals surface area contributed by atoms with Crippen LogP contribution in [0.2, 0.25) is 0 Å². The molecule has 1 N–H and O–H groups in total. The fourth-order valence-electron chi connectivity index (χ4n) is 2.55. The van der Waals surface area contributed by atoms with Crippen molar-refractivity contribution in [3.63, 3.8) is 0 Å². The van der Waals surface area contributed by atoms with Gasteiger partial charge < -0.3 is 14.5 Å². The van der Waals surface area contributed by atoms with Gasteiger partial charge >= 0.3 is 0 Å². The van der Waals surface area contributed by atoms with Crippen LogP contribution in [0.1, 0.15) is 42.3 Å². The Balaban J connectivity index is 2.48. The molecule has 0 aliphatic heterocycles. The van der Waals surface area contributed by atoms with Crippen molar-refractivity contribution in [2.24, 2.45) is 0 Å². The number of rotatable bonds is 6. The molecule has 3 nitrogen and oxygen atoms in total. The second-order valence-corrected chi connectivity index (χ2v) is 4.85. The number of aryl methyl sites for hydroxylation is 2. The summed E-state index contributed by atoms with van der Waals surface area (Å²) in [5.41, 5.74) is 3.57. The Morgan fingerprint density at radius 1 is 1.20 bits per heavy atom. The standard InChI is InChI=1S/C17H23NO2/c1-5-15-13(9-10-20-15)17(18-4)14-11-12(3)7-8-16(14)19-6-2/h7-11,17-18H,5-6H2,1-4H3. The molecule has 0 fully saturated rings. The summed E-state index contributed by atoms with van der Waals surface area (Å²) >= 11 is 0. The molecule has 0 spiro atoms. The fraction of sp³-hybridized carbons (Fsp3) is 0.412. The van der Waals surface area contributed by atoms with Crippen LogP contribution in [0.3, 0.4) is 0 Å². The van der Waals surface area contributed by atoms with Crippen molar-refractivity contribution in [1.29, 1.82) is 0 Å². The molecule has 1 aromatic carbocycles.